The van der Waals surface area contributed by atoms with Crippen LogP contribution in [0.1, 0.15) is 0 Å². The summed E-state index contributed by atoms with van der Waals surface area (Å²) in [5.41, 5.74) is 2.70. The number of hydrogen-bond acceptors (Lipinski definition) is 3. The van der Waals surface area contributed by atoms with Crippen molar-refractivity contribution < 1.29 is 0 Å². The Bertz CT molecular complexity index is 966. The second kappa shape index (κ2) is 4.79. The van der Waals surface area contributed by atoms with Gasteiger partial charge in [-0.25, -0.2) is 0 Å². The molecule has 0 atom stereocenters. The summed E-state index contributed by atoms with van der Waals surface area (Å²) in [4.78, 5) is 4.49. The van der Waals surface area contributed by atoms with E-state index in [2.05, 4.69) is 21.2 Å². The van der Waals surface area contributed by atoms with E-state index in [0.29, 0.717) is 5.15 Å². The Hall–Kier alpha value is -2.52. The van der Waals surface area contributed by atoms with Crippen molar-refractivity contribution in [3.05, 3.63) is 65.9 Å². The Labute approximate surface area is 126 Å². The summed E-state index contributed by atoms with van der Waals surface area (Å²) in [5.74, 6) is 0. The number of fused-ring (bicyclic) bond motifs is 2. The standard InChI is InChI=1S/C17H10ClN3/c18-17-14-7-3-2-6-13(14)16(20-21-17)12-9-11-5-1-4-8-15(11)19-10-12/h1-10H. The van der Waals surface area contributed by atoms with E-state index in [-0.39, 0.29) is 0 Å². The molecule has 100 valence electrons. The van der Waals surface area contributed by atoms with Gasteiger partial charge in [0.05, 0.1) is 5.52 Å². The molecule has 21 heavy (non-hydrogen) atoms. The number of para-hydroxylation sites is 1. The Morgan fingerprint density at radius 3 is 2.48 bits per heavy atom. The summed E-state index contributed by atoms with van der Waals surface area (Å²) in [5, 5.41) is 11.7. The summed E-state index contributed by atoms with van der Waals surface area (Å²) < 4.78 is 0. The normalized spacial score (nSPS) is 11.1. The maximum atomic E-state index is 6.12. The van der Waals surface area contributed by atoms with Gasteiger partial charge >= 0.3 is 0 Å². The first kappa shape index (κ1) is 12.2. The second-order valence-electron chi connectivity index (χ2n) is 4.80. The predicted molar refractivity (Wildman–Crippen MR) is 85.3 cm³/mol. The van der Waals surface area contributed by atoms with Crippen LogP contribution in [0.15, 0.2) is 60.8 Å². The van der Waals surface area contributed by atoms with Gasteiger partial charge in [-0.3, -0.25) is 4.98 Å². The lowest BCUT2D eigenvalue weighted by atomic mass is 10.1. The van der Waals surface area contributed by atoms with E-state index >= 15 is 0 Å². The number of benzene rings is 2. The van der Waals surface area contributed by atoms with Crippen LogP contribution in [0.3, 0.4) is 0 Å². The average Bonchev–Trinajstić information content (AvgIpc) is 2.55. The van der Waals surface area contributed by atoms with Crippen LogP contribution in [0.25, 0.3) is 32.9 Å². The van der Waals surface area contributed by atoms with Crippen LogP contribution in [0, 0.1) is 0 Å². The molecule has 0 aliphatic heterocycles. The molecule has 0 aliphatic rings. The van der Waals surface area contributed by atoms with Crippen LogP contribution in [0.2, 0.25) is 5.15 Å². The van der Waals surface area contributed by atoms with Gasteiger partial charge in [0.15, 0.2) is 5.15 Å². The molecule has 0 radical (unpaired) electrons. The van der Waals surface area contributed by atoms with E-state index in [1.807, 2.05) is 54.7 Å². The molecular weight excluding hydrogens is 282 g/mol. The zero-order chi connectivity index (χ0) is 14.2. The average molecular weight is 292 g/mol. The summed E-state index contributed by atoms with van der Waals surface area (Å²) in [6.07, 6.45) is 1.83. The molecule has 0 unspecified atom stereocenters. The highest BCUT2D eigenvalue weighted by Gasteiger charge is 2.10. The summed E-state index contributed by atoms with van der Waals surface area (Å²) in [6.45, 7) is 0. The number of hydrogen-bond donors (Lipinski definition) is 0. The van der Waals surface area contributed by atoms with Gasteiger partial charge in [0.1, 0.15) is 5.69 Å². The van der Waals surface area contributed by atoms with E-state index < -0.39 is 0 Å². The number of pyridine rings is 1. The lowest BCUT2D eigenvalue weighted by molar-refractivity contribution is 1.06. The van der Waals surface area contributed by atoms with Crippen molar-refractivity contribution >= 4 is 33.3 Å². The molecule has 0 spiro atoms. The van der Waals surface area contributed by atoms with E-state index in [1.165, 1.54) is 0 Å². The van der Waals surface area contributed by atoms with Crippen LogP contribution in [0.5, 0.6) is 0 Å². The highest BCUT2D eigenvalue weighted by Crippen LogP contribution is 2.30. The summed E-state index contributed by atoms with van der Waals surface area (Å²) >= 11 is 6.12. The molecule has 0 saturated heterocycles. The van der Waals surface area contributed by atoms with Crippen molar-refractivity contribution in [2.75, 3.05) is 0 Å². The third-order valence-electron chi connectivity index (χ3n) is 3.51. The molecule has 2 aromatic carbocycles. The number of rotatable bonds is 1. The highest BCUT2D eigenvalue weighted by atomic mass is 35.5. The van der Waals surface area contributed by atoms with Crippen molar-refractivity contribution in [1.82, 2.24) is 15.2 Å². The van der Waals surface area contributed by atoms with Crippen LogP contribution in [0.4, 0.5) is 0 Å². The SMILES string of the molecule is Clc1nnc(-c2cnc3ccccc3c2)c2ccccc12. The zero-order valence-electron chi connectivity index (χ0n) is 11.0. The van der Waals surface area contributed by atoms with Crippen molar-refractivity contribution in [3.8, 4) is 11.3 Å². The first-order valence-electron chi connectivity index (χ1n) is 6.59. The van der Waals surface area contributed by atoms with E-state index in [1.54, 1.807) is 0 Å². The maximum absolute atomic E-state index is 6.12. The van der Waals surface area contributed by atoms with E-state index in [0.717, 1.165) is 32.9 Å². The van der Waals surface area contributed by atoms with Crippen LogP contribution in [-0.4, -0.2) is 15.2 Å². The van der Waals surface area contributed by atoms with Gasteiger partial charge < -0.3 is 0 Å². The third kappa shape index (κ3) is 2.03. The summed E-state index contributed by atoms with van der Waals surface area (Å²) in [7, 11) is 0. The first-order chi connectivity index (χ1) is 10.3. The van der Waals surface area contributed by atoms with Crippen molar-refractivity contribution in [2.45, 2.75) is 0 Å². The number of halogens is 1. The smallest absolute Gasteiger partial charge is 0.159 e. The van der Waals surface area contributed by atoms with Gasteiger partial charge in [0.25, 0.3) is 0 Å². The topological polar surface area (TPSA) is 38.7 Å². The molecule has 2 aromatic heterocycles. The molecule has 0 aliphatic carbocycles. The Morgan fingerprint density at radius 1 is 0.810 bits per heavy atom. The molecule has 0 N–H and O–H groups in total. The van der Waals surface area contributed by atoms with E-state index in [9.17, 15) is 0 Å². The fraction of sp³-hybridized carbons (Fsp3) is 0. The van der Waals surface area contributed by atoms with Crippen LogP contribution in [-0.2, 0) is 0 Å². The molecule has 3 nitrogen and oxygen atoms in total. The third-order valence-corrected chi connectivity index (χ3v) is 3.79. The molecule has 0 saturated carbocycles. The van der Waals surface area contributed by atoms with Crippen molar-refractivity contribution in [1.29, 1.82) is 0 Å². The minimum absolute atomic E-state index is 0.420. The Balaban J connectivity index is 2.02. The fourth-order valence-corrected chi connectivity index (χ4v) is 2.69. The van der Waals surface area contributed by atoms with Gasteiger partial charge in [-0.2, -0.15) is 0 Å². The Morgan fingerprint density at radius 2 is 1.57 bits per heavy atom. The molecule has 0 amide bonds. The fourth-order valence-electron chi connectivity index (χ4n) is 2.48. The predicted octanol–water partition coefficient (Wildman–Crippen LogP) is 4.50. The monoisotopic (exact) mass is 291 g/mol. The second-order valence-corrected chi connectivity index (χ2v) is 5.16. The first-order valence-corrected chi connectivity index (χ1v) is 6.97. The van der Waals surface area contributed by atoms with Gasteiger partial charge in [-0.15, -0.1) is 10.2 Å². The van der Waals surface area contributed by atoms with Crippen LogP contribution < -0.4 is 0 Å². The largest absolute Gasteiger partial charge is 0.256 e. The lowest BCUT2D eigenvalue weighted by Crippen LogP contribution is -1.92. The lowest BCUT2D eigenvalue weighted by Gasteiger charge is -2.06. The minimum atomic E-state index is 0.420. The molecule has 4 rings (SSSR count). The quantitative estimate of drug-likeness (QED) is 0.518. The molecule has 0 fully saturated rings. The summed E-state index contributed by atoms with van der Waals surface area (Å²) in [6, 6.07) is 17.9. The van der Waals surface area contributed by atoms with Crippen LogP contribution >= 0.6 is 11.6 Å². The number of nitrogens with zero attached hydrogens (tertiary/aromatic N) is 3. The maximum Gasteiger partial charge on any atom is 0.159 e. The molecule has 0 bridgehead atoms. The molecule has 4 heteroatoms. The zero-order valence-corrected chi connectivity index (χ0v) is 11.7. The van der Waals surface area contributed by atoms with Crippen molar-refractivity contribution in [2.24, 2.45) is 0 Å². The van der Waals surface area contributed by atoms with Crippen molar-refractivity contribution in [3.63, 3.8) is 0 Å². The molecule has 4 aromatic rings. The highest BCUT2D eigenvalue weighted by molar-refractivity contribution is 6.34. The van der Waals surface area contributed by atoms with Gasteiger partial charge in [-0.1, -0.05) is 54.1 Å². The van der Waals surface area contributed by atoms with Gasteiger partial charge in [-0.05, 0) is 12.1 Å². The van der Waals surface area contributed by atoms with Gasteiger partial charge in [0, 0.05) is 27.9 Å². The number of aromatic nitrogens is 3. The molecular formula is C17H10ClN3. The molecule has 2 heterocycles. The van der Waals surface area contributed by atoms with Gasteiger partial charge in [0.2, 0.25) is 0 Å². The van der Waals surface area contributed by atoms with E-state index in [4.69, 9.17) is 11.6 Å². The minimum Gasteiger partial charge on any atom is -0.256 e. The Kier molecular flexibility index (Phi) is 2.79.